The van der Waals surface area contributed by atoms with Crippen molar-refractivity contribution in [2.24, 2.45) is 17.8 Å². The van der Waals surface area contributed by atoms with Gasteiger partial charge in [0.05, 0.1) is 0 Å². The first kappa shape index (κ1) is 50.9. The van der Waals surface area contributed by atoms with Crippen LogP contribution < -0.4 is 30.9 Å². The molecule has 0 amide bonds. The van der Waals surface area contributed by atoms with E-state index >= 15 is 0 Å². The lowest BCUT2D eigenvalue weighted by atomic mass is 9.33. The minimum Gasteiger partial charge on any atom is -0.458 e. The lowest BCUT2D eigenvalue weighted by molar-refractivity contribution is 0.000627. The van der Waals surface area contributed by atoms with E-state index in [1.165, 1.54) is 111 Å². The van der Waals surface area contributed by atoms with Gasteiger partial charge in [-0.15, -0.1) is 0 Å². The van der Waals surface area contributed by atoms with Crippen molar-refractivity contribution in [2.75, 3.05) is 9.80 Å². The first-order valence-corrected chi connectivity index (χ1v) is 30.0. The number of fused-ring (bicyclic) bond motifs is 4. The maximum Gasteiger partial charge on any atom is 0.256 e. The van der Waals surface area contributed by atoms with E-state index in [1.54, 1.807) is 0 Å². The Morgan fingerprint density at radius 1 is 0.487 bits per heavy atom. The number of benzene rings is 8. The predicted octanol–water partition coefficient (Wildman–Crippen LogP) is 18.7. The molecule has 0 saturated heterocycles. The highest BCUT2D eigenvalue weighted by atomic mass is 16.5. The van der Waals surface area contributed by atoms with E-state index in [4.69, 9.17) is 4.74 Å². The molecule has 7 aliphatic rings. The fourth-order valence-corrected chi connectivity index (χ4v) is 15.7. The molecule has 8 aromatic carbocycles. The summed E-state index contributed by atoms with van der Waals surface area (Å²) in [6.45, 7) is 20.6. The van der Waals surface area contributed by atoms with Crippen LogP contribution in [0.3, 0.4) is 0 Å². The Morgan fingerprint density at radius 3 is 1.55 bits per heavy atom. The van der Waals surface area contributed by atoms with Crippen LogP contribution in [-0.2, 0) is 16.2 Å². The average Bonchev–Trinajstić information content (AvgIpc) is 3.59. The quantitative estimate of drug-likeness (QED) is 0.141. The van der Waals surface area contributed by atoms with Gasteiger partial charge in [0.2, 0.25) is 0 Å². The molecule has 5 aliphatic carbocycles. The third-order valence-corrected chi connectivity index (χ3v) is 19.4. The zero-order valence-corrected chi connectivity index (χ0v) is 48.6. The number of anilines is 5. The summed E-state index contributed by atoms with van der Waals surface area (Å²) in [5.41, 5.74) is 22.7. The summed E-state index contributed by atoms with van der Waals surface area (Å²) < 4.78 is 7.86. The van der Waals surface area contributed by atoms with Crippen molar-refractivity contribution in [1.82, 2.24) is 0 Å². The van der Waals surface area contributed by atoms with Crippen molar-refractivity contribution in [3.05, 3.63) is 216 Å². The monoisotopic (exact) mass is 1040 g/mol. The maximum atomic E-state index is 7.86. The zero-order valence-electron chi connectivity index (χ0n) is 48.6. The van der Waals surface area contributed by atoms with Crippen LogP contribution >= 0.6 is 0 Å². The third-order valence-electron chi connectivity index (χ3n) is 19.4. The Balaban J connectivity index is 1.08. The normalized spacial score (nSPS) is 21.5. The van der Waals surface area contributed by atoms with Crippen LogP contribution in [0.1, 0.15) is 135 Å². The van der Waals surface area contributed by atoms with Gasteiger partial charge in [0.1, 0.15) is 11.5 Å². The van der Waals surface area contributed by atoms with E-state index in [0.29, 0.717) is 0 Å². The van der Waals surface area contributed by atoms with Crippen molar-refractivity contribution in [3.63, 3.8) is 0 Å². The van der Waals surface area contributed by atoms with Crippen molar-refractivity contribution >= 4 is 51.5 Å². The number of hydrogen-bond donors (Lipinski definition) is 0. The van der Waals surface area contributed by atoms with Crippen LogP contribution in [0.5, 0.6) is 11.5 Å². The first-order valence-electron chi connectivity index (χ1n) is 30.0. The second-order valence-electron chi connectivity index (χ2n) is 28.0. The highest BCUT2D eigenvalue weighted by molar-refractivity contribution is 6.99. The molecule has 1 atom stereocenters. The molecule has 400 valence electrons. The van der Waals surface area contributed by atoms with Crippen molar-refractivity contribution in [2.45, 2.75) is 135 Å². The van der Waals surface area contributed by atoms with Crippen LogP contribution in [-0.4, -0.2) is 12.3 Å². The van der Waals surface area contributed by atoms with Gasteiger partial charge in [-0.2, -0.15) is 0 Å². The van der Waals surface area contributed by atoms with Gasteiger partial charge in [-0.3, -0.25) is 0 Å². The molecule has 4 bridgehead atoms. The van der Waals surface area contributed by atoms with Crippen LogP contribution in [0.2, 0.25) is 0 Å². The predicted molar refractivity (Wildman–Crippen MR) is 340 cm³/mol. The van der Waals surface area contributed by atoms with Crippen LogP contribution in [0.4, 0.5) is 28.4 Å². The summed E-state index contributed by atoms with van der Waals surface area (Å²) in [6.07, 6.45) is 18.2. The summed E-state index contributed by atoms with van der Waals surface area (Å²) >= 11 is 0. The lowest BCUT2D eigenvalue weighted by Gasteiger charge is -2.62. The number of allylic oxidation sites excluding steroid dienone is 4. The van der Waals surface area contributed by atoms with Gasteiger partial charge >= 0.3 is 0 Å². The second-order valence-corrected chi connectivity index (χ2v) is 28.0. The molecular formula is C76H77BN2O. The molecule has 2 aliphatic heterocycles. The largest absolute Gasteiger partial charge is 0.458 e. The molecule has 4 saturated carbocycles. The number of rotatable bonds is 8. The van der Waals surface area contributed by atoms with Gasteiger partial charge in [0.15, 0.2) is 0 Å². The van der Waals surface area contributed by atoms with E-state index in [2.05, 4.69) is 266 Å². The number of hydrogen-bond acceptors (Lipinski definition) is 3. The first-order chi connectivity index (χ1) is 38.5. The topological polar surface area (TPSA) is 15.7 Å². The molecule has 0 spiro atoms. The maximum absolute atomic E-state index is 7.86. The molecule has 80 heavy (non-hydrogen) atoms. The number of ether oxygens (including phenoxy) is 1. The summed E-state index contributed by atoms with van der Waals surface area (Å²) in [4.78, 5) is 5.48. The molecule has 0 radical (unpaired) electrons. The standard InChI is InChI=1S/C76H77BN2O/c1-73(2,3)57-27-25-52(26-28-57)56-40-69-71-70(41-56)80-72-65(55-23-17-12-18-24-55)42-62(78(60-33-29-58(30-34-60)74(4,5)6)61-35-31-59(32-36-61)75(7,8)9)43-67(72)77(71)66-44-63(53-19-13-10-14-20-53)64(54-21-15-11-16-22-54)45-68(66)79(69)76-46-49-37-50(47-76)39-51(38-49)48-76/h10-21,23-36,40-45,49-51,54H,22,37-39,46-48H2,1-9H3. The van der Waals surface area contributed by atoms with Gasteiger partial charge in [-0.1, -0.05) is 202 Å². The Bertz CT molecular complexity index is 3640. The molecule has 8 aromatic rings. The third kappa shape index (κ3) is 8.79. The highest BCUT2D eigenvalue weighted by Crippen LogP contribution is 2.61. The Kier molecular flexibility index (Phi) is 12.0. The highest BCUT2D eigenvalue weighted by Gasteiger charge is 2.57. The molecule has 0 N–H and O–H groups in total. The zero-order chi connectivity index (χ0) is 54.9. The van der Waals surface area contributed by atoms with E-state index < -0.39 is 0 Å². The van der Waals surface area contributed by atoms with E-state index in [1.807, 2.05) is 0 Å². The Labute approximate surface area is 477 Å². The van der Waals surface area contributed by atoms with Crippen LogP contribution in [0.25, 0.3) is 33.4 Å². The van der Waals surface area contributed by atoms with E-state index in [-0.39, 0.29) is 34.4 Å². The fraction of sp³-hybridized carbons (Fsp3) is 0.316. The molecule has 2 heterocycles. The molecule has 4 fully saturated rings. The second kappa shape index (κ2) is 18.9. The smallest absolute Gasteiger partial charge is 0.256 e. The van der Waals surface area contributed by atoms with Gasteiger partial charge in [-0.25, -0.2) is 0 Å². The fourth-order valence-electron chi connectivity index (χ4n) is 15.7. The average molecular weight is 1050 g/mol. The molecule has 4 heteroatoms. The minimum atomic E-state index is -0.129. The summed E-state index contributed by atoms with van der Waals surface area (Å²) in [5, 5.41) is 0. The molecule has 0 aromatic heterocycles. The Hall–Kier alpha value is -7.30. The lowest BCUT2D eigenvalue weighted by Crippen LogP contribution is -2.66. The van der Waals surface area contributed by atoms with E-state index in [9.17, 15) is 0 Å². The number of nitrogens with zero attached hydrogens (tertiary/aromatic N) is 2. The molecule has 15 rings (SSSR count). The summed E-state index contributed by atoms with van der Waals surface area (Å²) in [5.74, 6) is 4.44. The minimum absolute atomic E-state index is 0.00262. The summed E-state index contributed by atoms with van der Waals surface area (Å²) in [6, 6.07) is 65.7. The molecule has 3 nitrogen and oxygen atoms in total. The van der Waals surface area contributed by atoms with Crippen LogP contribution in [0.15, 0.2) is 194 Å². The van der Waals surface area contributed by atoms with Gasteiger partial charge in [0.25, 0.3) is 6.71 Å². The van der Waals surface area contributed by atoms with Gasteiger partial charge < -0.3 is 14.5 Å². The summed E-state index contributed by atoms with van der Waals surface area (Å²) in [7, 11) is 0. The van der Waals surface area contributed by atoms with Gasteiger partial charge in [0, 0.05) is 45.5 Å². The van der Waals surface area contributed by atoms with Crippen molar-refractivity contribution in [1.29, 1.82) is 0 Å². The van der Waals surface area contributed by atoms with Crippen LogP contribution in [0, 0.1) is 17.8 Å². The molecular weight excluding hydrogens is 968 g/mol. The van der Waals surface area contributed by atoms with Crippen molar-refractivity contribution in [3.8, 4) is 44.9 Å². The van der Waals surface area contributed by atoms with Crippen molar-refractivity contribution < 1.29 is 4.74 Å². The SMILES string of the molecule is CC(C)(C)c1ccc(-c2cc3c4c(c2)N(C25CC6CC(CC(C6)C2)C5)c2cc(C5C=CC=CC5)c(-c5ccccc5)cc2B4c2cc(N(c4ccc(C(C)(C)C)cc4)c4ccc(C(C)(C)C)cc4)cc(-c4ccccc4)c2O3)cc1. The molecule has 1 unspecified atom stereocenters. The van der Waals surface area contributed by atoms with E-state index in [0.717, 1.165) is 63.9 Å². The van der Waals surface area contributed by atoms with Gasteiger partial charge in [-0.05, 0) is 200 Å². The Morgan fingerprint density at radius 2 is 1.02 bits per heavy atom.